The van der Waals surface area contributed by atoms with Crippen LogP contribution in [0.1, 0.15) is 30.3 Å². The molecule has 76 valence electrons. The predicted molar refractivity (Wildman–Crippen MR) is 55.8 cm³/mol. The third-order valence-electron chi connectivity index (χ3n) is 1.95. The number of nitrogens with one attached hydrogen (secondary N) is 1. The first kappa shape index (κ1) is 10.7. The second-order valence-corrected chi connectivity index (χ2v) is 3.39. The molecule has 0 bridgehead atoms. The zero-order valence-corrected chi connectivity index (χ0v) is 8.92. The van der Waals surface area contributed by atoms with Crippen molar-refractivity contribution in [2.45, 2.75) is 33.7 Å². The van der Waals surface area contributed by atoms with Crippen molar-refractivity contribution in [3.63, 3.8) is 0 Å². The number of aromatic nitrogens is 1. The molecule has 1 aromatic heterocycles. The van der Waals surface area contributed by atoms with Crippen LogP contribution >= 0.6 is 0 Å². The highest BCUT2D eigenvalue weighted by Crippen LogP contribution is 2.04. The van der Waals surface area contributed by atoms with E-state index < -0.39 is 0 Å². The Labute approximate surface area is 84.6 Å². The zero-order valence-electron chi connectivity index (χ0n) is 8.92. The molecule has 0 aliphatic rings. The molecule has 1 aromatic rings. The van der Waals surface area contributed by atoms with Crippen molar-refractivity contribution in [2.24, 2.45) is 0 Å². The van der Waals surface area contributed by atoms with Gasteiger partial charge in [-0.3, -0.25) is 9.78 Å². The molecule has 0 radical (unpaired) electrons. The molecule has 0 saturated carbocycles. The van der Waals surface area contributed by atoms with Crippen molar-refractivity contribution in [1.29, 1.82) is 0 Å². The van der Waals surface area contributed by atoms with Gasteiger partial charge in [0, 0.05) is 24.4 Å². The Hall–Kier alpha value is -1.38. The van der Waals surface area contributed by atoms with E-state index in [2.05, 4.69) is 10.3 Å². The number of rotatable bonds is 3. The number of nitrogens with zero attached hydrogens (tertiary/aromatic N) is 1. The molecule has 1 rings (SSSR count). The summed E-state index contributed by atoms with van der Waals surface area (Å²) in [5, 5.41) is 2.84. The van der Waals surface area contributed by atoms with Gasteiger partial charge in [0.1, 0.15) is 0 Å². The Morgan fingerprint density at radius 3 is 2.43 bits per heavy atom. The van der Waals surface area contributed by atoms with Crippen LogP contribution in [0, 0.1) is 13.8 Å². The molecule has 1 N–H and O–H groups in total. The average Bonchev–Trinajstić information content (AvgIpc) is 2.12. The predicted octanol–water partition coefficient (Wildman–Crippen LogP) is 1.72. The number of hydrogen-bond acceptors (Lipinski definition) is 2. The van der Waals surface area contributed by atoms with E-state index in [0.717, 1.165) is 17.0 Å². The lowest BCUT2D eigenvalue weighted by molar-refractivity contribution is -0.120. The number of hydrogen-bond donors (Lipinski definition) is 1. The molecule has 14 heavy (non-hydrogen) atoms. The minimum atomic E-state index is 0.0807. The molecule has 1 heterocycles. The fourth-order valence-corrected chi connectivity index (χ4v) is 1.35. The summed E-state index contributed by atoms with van der Waals surface area (Å²) in [6, 6.07) is 3.98. The van der Waals surface area contributed by atoms with Crippen LogP contribution in [0.25, 0.3) is 0 Å². The van der Waals surface area contributed by atoms with Gasteiger partial charge in [0.15, 0.2) is 0 Å². The van der Waals surface area contributed by atoms with Crippen molar-refractivity contribution >= 4 is 5.91 Å². The van der Waals surface area contributed by atoms with E-state index in [-0.39, 0.29) is 5.91 Å². The van der Waals surface area contributed by atoms with Crippen LogP contribution in [0.4, 0.5) is 0 Å². The smallest absolute Gasteiger partial charge is 0.219 e. The molecule has 0 aliphatic heterocycles. The highest BCUT2D eigenvalue weighted by Gasteiger charge is 1.99. The maximum atomic E-state index is 11.0. The van der Waals surface area contributed by atoms with Gasteiger partial charge in [-0.2, -0.15) is 0 Å². The molecule has 0 atom stereocenters. The second-order valence-electron chi connectivity index (χ2n) is 3.39. The van der Waals surface area contributed by atoms with E-state index in [1.54, 1.807) is 0 Å². The Morgan fingerprint density at radius 1 is 1.36 bits per heavy atom. The Bertz CT molecular complexity index is 314. The van der Waals surface area contributed by atoms with Gasteiger partial charge in [-0.25, -0.2) is 0 Å². The fourth-order valence-electron chi connectivity index (χ4n) is 1.35. The third-order valence-corrected chi connectivity index (χ3v) is 1.95. The lowest BCUT2D eigenvalue weighted by Gasteiger charge is -2.05. The fraction of sp³-hybridized carbons (Fsp3) is 0.455. The molecule has 3 nitrogen and oxygen atoms in total. The second kappa shape index (κ2) is 4.74. The number of amides is 1. The molecule has 0 fully saturated rings. The van der Waals surface area contributed by atoms with Crippen LogP contribution in [0.2, 0.25) is 0 Å². The van der Waals surface area contributed by atoms with Gasteiger partial charge < -0.3 is 5.32 Å². The van der Waals surface area contributed by atoms with Crippen LogP contribution in [-0.2, 0) is 11.3 Å². The van der Waals surface area contributed by atoms with Gasteiger partial charge in [-0.05, 0) is 31.5 Å². The van der Waals surface area contributed by atoms with E-state index in [1.165, 1.54) is 0 Å². The quantitative estimate of drug-likeness (QED) is 0.792. The van der Waals surface area contributed by atoms with Crippen molar-refractivity contribution in [1.82, 2.24) is 10.3 Å². The van der Waals surface area contributed by atoms with Crippen LogP contribution in [0.15, 0.2) is 12.1 Å². The molecular formula is C11H16N2O. The number of carbonyl (C=O) groups is 1. The van der Waals surface area contributed by atoms with Gasteiger partial charge in [0.25, 0.3) is 0 Å². The third kappa shape index (κ3) is 3.17. The topological polar surface area (TPSA) is 42.0 Å². The van der Waals surface area contributed by atoms with E-state index >= 15 is 0 Å². The van der Waals surface area contributed by atoms with Crippen molar-refractivity contribution in [3.8, 4) is 0 Å². The van der Waals surface area contributed by atoms with E-state index in [9.17, 15) is 4.79 Å². The normalized spacial score (nSPS) is 9.93. The first-order valence-corrected chi connectivity index (χ1v) is 4.82. The van der Waals surface area contributed by atoms with Gasteiger partial charge in [-0.1, -0.05) is 6.92 Å². The molecule has 0 aromatic carbocycles. The van der Waals surface area contributed by atoms with Crippen molar-refractivity contribution in [2.75, 3.05) is 0 Å². The number of aryl methyl sites for hydroxylation is 2. The van der Waals surface area contributed by atoms with Crippen LogP contribution in [0.5, 0.6) is 0 Å². The van der Waals surface area contributed by atoms with Crippen LogP contribution in [-0.4, -0.2) is 10.9 Å². The Balaban J connectivity index is 2.63. The summed E-state index contributed by atoms with van der Waals surface area (Å²) in [6.07, 6.45) is 0.531. The Morgan fingerprint density at radius 2 is 1.93 bits per heavy atom. The minimum absolute atomic E-state index is 0.0807. The van der Waals surface area contributed by atoms with Crippen molar-refractivity contribution < 1.29 is 4.79 Å². The highest BCUT2D eigenvalue weighted by atomic mass is 16.1. The molecule has 0 aliphatic carbocycles. The van der Waals surface area contributed by atoms with E-state index in [1.807, 2.05) is 32.9 Å². The molecule has 0 spiro atoms. The number of carbonyl (C=O) groups excluding carboxylic acids is 1. The minimum Gasteiger partial charge on any atom is -0.352 e. The summed E-state index contributed by atoms with van der Waals surface area (Å²) in [6.45, 7) is 6.35. The maximum Gasteiger partial charge on any atom is 0.219 e. The summed E-state index contributed by atoms with van der Waals surface area (Å²) in [7, 11) is 0. The van der Waals surface area contributed by atoms with Gasteiger partial charge >= 0.3 is 0 Å². The summed E-state index contributed by atoms with van der Waals surface area (Å²) in [4.78, 5) is 15.3. The first-order valence-electron chi connectivity index (χ1n) is 4.82. The maximum absolute atomic E-state index is 11.0. The average molecular weight is 192 g/mol. The lowest BCUT2D eigenvalue weighted by atomic mass is 10.2. The standard InChI is InChI=1S/C11H16N2O/c1-4-11(14)12-7-10-5-8(2)13-9(3)6-10/h5-6H,4,7H2,1-3H3,(H,12,14). The molecule has 1 amide bonds. The lowest BCUT2D eigenvalue weighted by Crippen LogP contribution is -2.21. The van der Waals surface area contributed by atoms with Gasteiger partial charge in [0.05, 0.1) is 0 Å². The van der Waals surface area contributed by atoms with Crippen LogP contribution in [0.3, 0.4) is 0 Å². The summed E-state index contributed by atoms with van der Waals surface area (Å²) < 4.78 is 0. The first-order chi connectivity index (χ1) is 6.61. The molecule has 0 unspecified atom stereocenters. The van der Waals surface area contributed by atoms with Crippen LogP contribution < -0.4 is 5.32 Å². The largest absolute Gasteiger partial charge is 0.352 e. The molecule has 0 saturated heterocycles. The summed E-state index contributed by atoms with van der Waals surface area (Å²) >= 11 is 0. The summed E-state index contributed by atoms with van der Waals surface area (Å²) in [5.74, 6) is 0.0807. The monoisotopic (exact) mass is 192 g/mol. The SMILES string of the molecule is CCC(=O)NCc1cc(C)nc(C)c1. The molecule has 3 heteroatoms. The molecular weight excluding hydrogens is 176 g/mol. The van der Waals surface area contributed by atoms with Gasteiger partial charge in [0.2, 0.25) is 5.91 Å². The number of pyridine rings is 1. The Kier molecular flexibility index (Phi) is 3.63. The summed E-state index contributed by atoms with van der Waals surface area (Å²) in [5.41, 5.74) is 3.09. The van der Waals surface area contributed by atoms with Crippen molar-refractivity contribution in [3.05, 3.63) is 29.1 Å². The zero-order chi connectivity index (χ0) is 10.6. The van der Waals surface area contributed by atoms with Gasteiger partial charge in [-0.15, -0.1) is 0 Å². The highest BCUT2D eigenvalue weighted by molar-refractivity contribution is 5.75. The van der Waals surface area contributed by atoms with E-state index in [4.69, 9.17) is 0 Å². The van der Waals surface area contributed by atoms with E-state index in [0.29, 0.717) is 13.0 Å².